The van der Waals surface area contributed by atoms with Gasteiger partial charge >= 0.3 is 6.09 Å². The zero-order chi connectivity index (χ0) is 41.1. The molecule has 6 N–H and O–H groups in total. The van der Waals surface area contributed by atoms with Gasteiger partial charge in [0.2, 0.25) is 29.4 Å². The van der Waals surface area contributed by atoms with Crippen LogP contribution in [0.15, 0.2) is 0 Å². The molecule has 15 heteroatoms. The van der Waals surface area contributed by atoms with Gasteiger partial charge in [-0.1, -0.05) is 58.3 Å². The first-order valence-corrected chi connectivity index (χ1v) is 20.4. The van der Waals surface area contributed by atoms with E-state index in [1.807, 2.05) is 27.7 Å². The number of unbranched alkanes of at least 4 members (excludes halogenated alkanes) is 1. The molecular weight excluding hydrogens is 708 g/mol. The second-order valence-corrected chi connectivity index (χ2v) is 17.7. The Kier molecular flexibility index (Phi) is 16.9. The Bertz CT molecular complexity index is 1360. The lowest BCUT2D eigenvalue weighted by atomic mass is 9.83. The fourth-order valence-electron chi connectivity index (χ4n) is 7.94. The first-order chi connectivity index (χ1) is 25.7. The standard InChI is InChI=1S/C40H68N6O9/c1-9-10-21-28(32(47)36(51)42-24(2)34(49)44-30(33(41)48)25-17-13-11-14-18-25)43-35(50)29-22-27(54-39(3,4)5)23-46(29)37(52)31(26-19-15-12-16-20-26)45-38(53)55-40(6,7)8/h24-31H,9-23H2,1-8H3,(H2,41,48)(H,42,51)(H,43,50)(H,44,49)(H,45,53)/t24-,27+,28?,29?,30-,31-/m0/s1. The Hall–Kier alpha value is -3.75. The molecule has 0 spiro atoms. The molecule has 15 nitrogen and oxygen atoms in total. The number of carbonyl (C=O) groups excluding carboxylic acids is 7. The molecule has 0 aromatic heterocycles. The van der Waals surface area contributed by atoms with Gasteiger partial charge in [0, 0.05) is 13.0 Å². The molecule has 2 saturated carbocycles. The Labute approximate surface area is 327 Å². The molecule has 0 bridgehead atoms. The Morgan fingerprint density at radius 3 is 1.84 bits per heavy atom. The maximum atomic E-state index is 14.5. The van der Waals surface area contributed by atoms with Crippen molar-refractivity contribution in [2.45, 2.75) is 193 Å². The Morgan fingerprint density at radius 1 is 0.764 bits per heavy atom. The molecule has 3 rings (SSSR count). The molecule has 312 valence electrons. The molecule has 3 fully saturated rings. The fraction of sp³-hybridized carbons (Fsp3) is 0.825. The van der Waals surface area contributed by atoms with Gasteiger partial charge in [0.1, 0.15) is 29.8 Å². The highest BCUT2D eigenvalue weighted by Crippen LogP contribution is 2.32. The van der Waals surface area contributed by atoms with Crippen LogP contribution in [0.5, 0.6) is 0 Å². The van der Waals surface area contributed by atoms with Crippen molar-refractivity contribution in [2.24, 2.45) is 17.6 Å². The van der Waals surface area contributed by atoms with Gasteiger partial charge in [0.05, 0.1) is 17.7 Å². The quantitative estimate of drug-likeness (QED) is 0.145. The van der Waals surface area contributed by atoms with Crippen LogP contribution >= 0.6 is 0 Å². The molecule has 0 radical (unpaired) electrons. The topological polar surface area (TPSA) is 215 Å². The summed E-state index contributed by atoms with van der Waals surface area (Å²) in [4.78, 5) is 95.4. The van der Waals surface area contributed by atoms with E-state index in [-0.39, 0.29) is 31.2 Å². The largest absolute Gasteiger partial charge is 0.444 e. The van der Waals surface area contributed by atoms with Crippen LogP contribution in [0.2, 0.25) is 0 Å². The van der Waals surface area contributed by atoms with E-state index in [0.29, 0.717) is 12.8 Å². The van der Waals surface area contributed by atoms with Crippen LogP contribution in [-0.4, -0.2) is 100 Å². The van der Waals surface area contributed by atoms with E-state index in [1.165, 1.54) is 11.8 Å². The number of alkyl carbamates (subject to hydrolysis) is 1. The van der Waals surface area contributed by atoms with E-state index in [2.05, 4.69) is 21.3 Å². The lowest BCUT2D eigenvalue weighted by Crippen LogP contribution is -2.59. The van der Waals surface area contributed by atoms with Gasteiger partial charge in [0.25, 0.3) is 5.91 Å². The third kappa shape index (κ3) is 14.4. The smallest absolute Gasteiger partial charge is 0.408 e. The predicted molar refractivity (Wildman–Crippen MR) is 206 cm³/mol. The highest BCUT2D eigenvalue weighted by Gasteiger charge is 2.46. The van der Waals surface area contributed by atoms with Gasteiger partial charge in [-0.05, 0) is 92.4 Å². The highest BCUT2D eigenvalue weighted by molar-refractivity contribution is 6.38. The van der Waals surface area contributed by atoms with E-state index >= 15 is 0 Å². The van der Waals surface area contributed by atoms with Crippen molar-refractivity contribution < 1.29 is 43.0 Å². The maximum absolute atomic E-state index is 14.5. The molecule has 2 aliphatic carbocycles. The summed E-state index contributed by atoms with van der Waals surface area (Å²) < 4.78 is 11.8. The zero-order valence-electron chi connectivity index (χ0n) is 34.4. The van der Waals surface area contributed by atoms with Crippen molar-refractivity contribution in [2.75, 3.05) is 6.54 Å². The lowest BCUT2D eigenvalue weighted by molar-refractivity contribution is -0.144. The van der Waals surface area contributed by atoms with Crippen LogP contribution < -0.4 is 27.0 Å². The van der Waals surface area contributed by atoms with Crippen LogP contribution in [-0.2, 0) is 38.2 Å². The summed E-state index contributed by atoms with van der Waals surface area (Å²) in [6.07, 6.45) is 8.91. The lowest BCUT2D eigenvalue weighted by Gasteiger charge is -2.35. The average molecular weight is 777 g/mol. The molecule has 0 aromatic rings. The van der Waals surface area contributed by atoms with Gasteiger partial charge in [-0.2, -0.15) is 0 Å². The molecular formula is C40H68N6O9. The number of primary amides is 1. The number of nitrogens with two attached hydrogens (primary N) is 1. The second-order valence-electron chi connectivity index (χ2n) is 17.7. The fourth-order valence-corrected chi connectivity index (χ4v) is 7.94. The molecule has 0 aromatic carbocycles. The van der Waals surface area contributed by atoms with Crippen LogP contribution in [0.4, 0.5) is 4.79 Å². The van der Waals surface area contributed by atoms with Gasteiger partial charge in [0.15, 0.2) is 0 Å². The van der Waals surface area contributed by atoms with Gasteiger partial charge in [-0.25, -0.2) is 4.79 Å². The predicted octanol–water partition coefficient (Wildman–Crippen LogP) is 3.54. The molecule has 6 atom stereocenters. The van der Waals surface area contributed by atoms with Crippen molar-refractivity contribution in [3.8, 4) is 0 Å². The second kappa shape index (κ2) is 20.4. The summed E-state index contributed by atoms with van der Waals surface area (Å²) in [5.74, 6) is -4.64. The monoisotopic (exact) mass is 777 g/mol. The normalized spacial score (nSPS) is 22.1. The molecule has 1 heterocycles. The van der Waals surface area contributed by atoms with Crippen molar-refractivity contribution in [1.82, 2.24) is 26.2 Å². The van der Waals surface area contributed by atoms with Gasteiger partial charge in [-0.15, -0.1) is 0 Å². The average Bonchev–Trinajstić information content (AvgIpc) is 3.52. The molecule has 1 aliphatic heterocycles. The number of rotatable bonds is 16. The molecule has 6 amide bonds. The molecule has 2 unspecified atom stereocenters. The van der Waals surface area contributed by atoms with E-state index in [1.54, 1.807) is 20.8 Å². The van der Waals surface area contributed by atoms with E-state index in [9.17, 15) is 33.6 Å². The summed E-state index contributed by atoms with van der Waals surface area (Å²) in [6.45, 7) is 14.3. The number of carbonyl (C=O) groups is 7. The number of nitrogens with one attached hydrogen (secondary N) is 4. The molecule has 55 heavy (non-hydrogen) atoms. The van der Waals surface area contributed by atoms with Crippen molar-refractivity contribution in [1.29, 1.82) is 0 Å². The number of Topliss-reactive ketones (excluding diaryl/α,β-unsaturated/α-hetero) is 1. The highest BCUT2D eigenvalue weighted by atomic mass is 16.6. The minimum atomic E-state index is -1.24. The summed E-state index contributed by atoms with van der Waals surface area (Å²) >= 11 is 0. The van der Waals surface area contributed by atoms with Crippen LogP contribution in [0.25, 0.3) is 0 Å². The number of hydrogen-bond donors (Lipinski definition) is 5. The van der Waals surface area contributed by atoms with Crippen molar-refractivity contribution in [3.05, 3.63) is 0 Å². The number of ether oxygens (including phenoxy) is 2. The van der Waals surface area contributed by atoms with Gasteiger partial charge < -0.3 is 41.4 Å². The number of hydrogen-bond acceptors (Lipinski definition) is 9. The van der Waals surface area contributed by atoms with E-state index in [0.717, 1.165) is 64.2 Å². The minimum absolute atomic E-state index is 0.0846. The minimum Gasteiger partial charge on any atom is -0.444 e. The molecule has 1 saturated heterocycles. The summed E-state index contributed by atoms with van der Waals surface area (Å²) in [7, 11) is 0. The van der Waals surface area contributed by atoms with Crippen LogP contribution in [0.1, 0.15) is 145 Å². The van der Waals surface area contributed by atoms with Gasteiger partial charge in [-0.3, -0.25) is 28.8 Å². The summed E-state index contributed by atoms with van der Waals surface area (Å²) in [6, 6.07) is -5.29. The zero-order valence-corrected chi connectivity index (χ0v) is 34.4. The summed E-state index contributed by atoms with van der Waals surface area (Å²) in [5, 5.41) is 10.7. The van der Waals surface area contributed by atoms with Crippen LogP contribution in [0.3, 0.4) is 0 Å². The van der Waals surface area contributed by atoms with Crippen molar-refractivity contribution >= 4 is 41.4 Å². The third-order valence-corrected chi connectivity index (χ3v) is 10.6. The number of ketones is 1. The Balaban J connectivity index is 1.80. The number of amides is 6. The SMILES string of the molecule is CCCCC(NC(=O)C1C[C@@H](OC(C)(C)C)CN1C(=O)[C@@H](NC(=O)OC(C)(C)C)C1CCCCC1)C(=O)C(=O)N[C@@H](C)C(=O)N[C@H](C(N)=O)C1CCCCC1. The van der Waals surface area contributed by atoms with E-state index in [4.69, 9.17) is 15.2 Å². The summed E-state index contributed by atoms with van der Waals surface area (Å²) in [5.41, 5.74) is 4.24. The third-order valence-electron chi connectivity index (χ3n) is 10.6. The first-order valence-electron chi connectivity index (χ1n) is 20.4. The first kappa shape index (κ1) is 45.6. The number of likely N-dealkylation sites (tertiary alicyclic amines) is 1. The van der Waals surface area contributed by atoms with Crippen LogP contribution in [0, 0.1) is 11.8 Å². The molecule has 3 aliphatic rings. The Morgan fingerprint density at radius 2 is 1.33 bits per heavy atom. The van der Waals surface area contributed by atoms with Crippen molar-refractivity contribution in [3.63, 3.8) is 0 Å². The number of nitrogens with zero attached hydrogens (tertiary/aromatic N) is 1. The van der Waals surface area contributed by atoms with E-state index < -0.39 is 88.9 Å². The maximum Gasteiger partial charge on any atom is 0.408 e.